The van der Waals surface area contributed by atoms with Crippen molar-refractivity contribution in [3.05, 3.63) is 11.6 Å². The lowest BCUT2D eigenvalue weighted by Gasteiger charge is -2.64. The number of aliphatic hydroxyl groups is 1. The van der Waals surface area contributed by atoms with Crippen LogP contribution < -0.4 is 0 Å². The van der Waals surface area contributed by atoms with Crippen LogP contribution in [0.15, 0.2) is 11.6 Å². The molecule has 9 unspecified atom stereocenters. The topological polar surface area (TPSA) is 80.7 Å². The molecule has 35 heavy (non-hydrogen) atoms. The van der Waals surface area contributed by atoms with E-state index in [0.29, 0.717) is 19.3 Å². The van der Waals surface area contributed by atoms with Gasteiger partial charge in [-0.25, -0.2) is 0 Å². The second-order valence-corrected chi connectivity index (χ2v) is 14.5. The number of Topliss-reactive ketones (excluding diaryl/α,β-unsaturated/α-hetero) is 3. The lowest BCUT2D eigenvalue weighted by molar-refractivity contribution is -0.171. The van der Waals surface area contributed by atoms with E-state index in [4.69, 9.17) is 4.74 Å². The molecule has 1 aliphatic heterocycles. The third-order valence-corrected chi connectivity index (χ3v) is 11.8. The monoisotopic (exact) mass is 484 g/mol. The van der Waals surface area contributed by atoms with Gasteiger partial charge in [-0.3, -0.25) is 14.4 Å². The van der Waals surface area contributed by atoms with Crippen molar-refractivity contribution in [2.75, 3.05) is 0 Å². The van der Waals surface area contributed by atoms with E-state index in [1.54, 1.807) is 13.8 Å². The van der Waals surface area contributed by atoms with Crippen LogP contribution in [0.25, 0.3) is 0 Å². The van der Waals surface area contributed by atoms with Gasteiger partial charge in [-0.2, -0.15) is 0 Å². The summed E-state index contributed by atoms with van der Waals surface area (Å²) in [4.78, 5) is 40.5. The molecular weight excluding hydrogens is 440 g/mol. The van der Waals surface area contributed by atoms with Crippen molar-refractivity contribution >= 4 is 17.3 Å². The number of ketones is 3. The van der Waals surface area contributed by atoms with E-state index in [-0.39, 0.29) is 69.8 Å². The highest BCUT2D eigenvalue weighted by Crippen LogP contribution is 2.74. The smallest absolute Gasteiger partial charge is 0.140 e. The maximum atomic E-state index is 14.3. The van der Waals surface area contributed by atoms with Crippen LogP contribution in [0.5, 0.6) is 0 Å². The molecule has 0 aromatic carbocycles. The standard InChI is InChI=1S/C30H44O5/c1-16-20(32)12-24(27(4,5)34)35-21-14-28(6)22-10-9-18-19(11-17(31)13-26(18,2)3)30(22,8)23(33)15-29(28,7)25(16)21/h9,16,19,21-22,24-25,34H,10-15H2,1-8H3. The Morgan fingerprint density at radius 3 is 2.29 bits per heavy atom. The Hall–Kier alpha value is -1.33. The second kappa shape index (κ2) is 7.37. The Morgan fingerprint density at radius 1 is 1.00 bits per heavy atom. The molecule has 1 saturated heterocycles. The summed E-state index contributed by atoms with van der Waals surface area (Å²) < 4.78 is 6.62. The molecule has 0 bridgehead atoms. The van der Waals surface area contributed by atoms with Crippen LogP contribution in [-0.2, 0) is 19.1 Å². The maximum absolute atomic E-state index is 14.3. The van der Waals surface area contributed by atoms with E-state index in [2.05, 4.69) is 40.7 Å². The van der Waals surface area contributed by atoms with Gasteiger partial charge >= 0.3 is 0 Å². The van der Waals surface area contributed by atoms with Crippen molar-refractivity contribution in [1.29, 1.82) is 0 Å². The molecule has 0 amide bonds. The normalized spacial score (nSPS) is 49.4. The van der Waals surface area contributed by atoms with E-state index in [1.165, 1.54) is 5.57 Å². The van der Waals surface area contributed by atoms with E-state index < -0.39 is 17.1 Å². The third kappa shape index (κ3) is 3.22. The molecule has 0 spiro atoms. The average molecular weight is 485 g/mol. The first-order chi connectivity index (χ1) is 16.0. The molecule has 0 aromatic rings. The van der Waals surface area contributed by atoms with Gasteiger partial charge in [0.2, 0.25) is 0 Å². The number of ether oxygens (including phenoxy) is 1. The summed E-state index contributed by atoms with van der Waals surface area (Å²) in [5.74, 6) is 0.416. The van der Waals surface area contributed by atoms with Crippen molar-refractivity contribution in [3.8, 4) is 0 Å². The predicted octanol–water partition coefficient (Wildman–Crippen LogP) is 5.08. The van der Waals surface area contributed by atoms with Crippen LogP contribution in [0.1, 0.15) is 93.9 Å². The number of carbonyl (C=O) groups is 3. The van der Waals surface area contributed by atoms with Gasteiger partial charge in [0.05, 0.1) is 17.8 Å². The summed E-state index contributed by atoms with van der Waals surface area (Å²) >= 11 is 0. The largest absolute Gasteiger partial charge is 0.388 e. The Kier molecular flexibility index (Phi) is 5.33. The number of carbonyl (C=O) groups excluding carboxylic acids is 3. The molecule has 0 radical (unpaired) electrons. The van der Waals surface area contributed by atoms with Gasteiger partial charge in [0.15, 0.2) is 0 Å². The van der Waals surface area contributed by atoms with Gasteiger partial charge in [-0.1, -0.05) is 53.2 Å². The molecule has 1 heterocycles. The summed E-state index contributed by atoms with van der Waals surface area (Å²) in [5, 5.41) is 10.8. The minimum atomic E-state index is -1.11. The molecule has 4 aliphatic carbocycles. The van der Waals surface area contributed by atoms with Gasteiger partial charge in [0.1, 0.15) is 17.3 Å². The summed E-state index contributed by atoms with van der Waals surface area (Å²) in [5.41, 5.74) is -1.19. The fourth-order valence-electron chi connectivity index (χ4n) is 9.68. The van der Waals surface area contributed by atoms with Crippen molar-refractivity contribution in [2.45, 2.75) is 112 Å². The minimum absolute atomic E-state index is 0.0409. The minimum Gasteiger partial charge on any atom is -0.388 e. The van der Waals surface area contributed by atoms with Crippen molar-refractivity contribution < 1.29 is 24.2 Å². The molecule has 5 rings (SSSR count). The zero-order valence-corrected chi connectivity index (χ0v) is 22.9. The molecule has 5 heteroatoms. The van der Waals surface area contributed by atoms with Crippen LogP contribution in [-0.4, -0.2) is 40.3 Å². The molecule has 9 atom stereocenters. The molecule has 194 valence electrons. The van der Waals surface area contributed by atoms with Gasteiger partial charge in [0.25, 0.3) is 0 Å². The highest BCUT2D eigenvalue weighted by Gasteiger charge is 2.73. The van der Waals surface area contributed by atoms with Crippen molar-refractivity contribution in [3.63, 3.8) is 0 Å². The summed E-state index contributed by atoms with van der Waals surface area (Å²) in [6.45, 7) is 16.4. The molecule has 3 saturated carbocycles. The average Bonchev–Trinajstić information content (AvgIpc) is 2.83. The molecule has 0 aromatic heterocycles. The molecule has 4 fully saturated rings. The zero-order chi connectivity index (χ0) is 25.9. The van der Waals surface area contributed by atoms with Crippen LogP contribution in [0.4, 0.5) is 0 Å². The van der Waals surface area contributed by atoms with Crippen LogP contribution >= 0.6 is 0 Å². The molecule has 5 aliphatic rings. The zero-order valence-electron chi connectivity index (χ0n) is 22.9. The quantitative estimate of drug-likeness (QED) is 0.525. The Bertz CT molecular complexity index is 1020. The van der Waals surface area contributed by atoms with Gasteiger partial charge in [-0.05, 0) is 54.8 Å². The maximum Gasteiger partial charge on any atom is 0.140 e. The fourth-order valence-corrected chi connectivity index (χ4v) is 9.68. The first-order valence-electron chi connectivity index (χ1n) is 13.6. The van der Waals surface area contributed by atoms with Crippen molar-refractivity contribution in [1.82, 2.24) is 0 Å². The van der Waals surface area contributed by atoms with E-state index in [9.17, 15) is 19.5 Å². The second-order valence-electron chi connectivity index (χ2n) is 14.5. The first kappa shape index (κ1) is 25.3. The van der Waals surface area contributed by atoms with Crippen molar-refractivity contribution in [2.24, 2.45) is 45.3 Å². The molecule has 5 nitrogen and oxygen atoms in total. The van der Waals surface area contributed by atoms with Crippen LogP contribution in [0, 0.1) is 45.3 Å². The van der Waals surface area contributed by atoms with Crippen LogP contribution in [0.3, 0.4) is 0 Å². The molecular formula is C30H44O5. The van der Waals surface area contributed by atoms with Crippen LogP contribution in [0.2, 0.25) is 0 Å². The number of fused-ring (bicyclic) bond motifs is 7. The Labute approximate surface area is 210 Å². The van der Waals surface area contributed by atoms with E-state index in [0.717, 1.165) is 12.8 Å². The SMILES string of the molecule is CC1C(=O)CC(C(C)(C)O)OC2CC3(C)C4CC=C5C(CC(=O)CC5(C)C)C4(C)C(=O)CC3(C)C21. The summed E-state index contributed by atoms with van der Waals surface area (Å²) in [6.07, 6.45) is 4.89. The fraction of sp³-hybridized carbons (Fsp3) is 0.833. The first-order valence-corrected chi connectivity index (χ1v) is 13.6. The van der Waals surface area contributed by atoms with E-state index >= 15 is 0 Å². The number of hydrogen-bond acceptors (Lipinski definition) is 5. The van der Waals surface area contributed by atoms with Gasteiger partial charge < -0.3 is 9.84 Å². The summed E-state index contributed by atoms with van der Waals surface area (Å²) in [6, 6.07) is 0. The predicted molar refractivity (Wildman–Crippen MR) is 134 cm³/mol. The summed E-state index contributed by atoms with van der Waals surface area (Å²) in [7, 11) is 0. The number of rotatable bonds is 1. The van der Waals surface area contributed by atoms with Gasteiger partial charge in [-0.15, -0.1) is 0 Å². The Balaban J connectivity index is 1.62. The lowest BCUT2D eigenvalue weighted by Crippen LogP contribution is -2.63. The Morgan fingerprint density at radius 2 is 1.66 bits per heavy atom. The highest BCUT2D eigenvalue weighted by molar-refractivity contribution is 5.91. The van der Waals surface area contributed by atoms with Gasteiger partial charge in [0, 0.05) is 42.9 Å². The number of hydrogen-bond donors (Lipinski definition) is 1. The molecule has 1 N–H and O–H groups in total. The third-order valence-electron chi connectivity index (χ3n) is 11.8. The lowest BCUT2D eigenvalue weighted by atomic mass is 9.38. The van der Waals surface area contributed by atoms with E-state index in [1.807, 2.05) is 6.92 Å². The highest BCUT2D eigenvalue weighted by atomic mass is 16.5. The number of allylic oxidation sites excluding steroid dienone is 2.